The number of nitrogens with one attached hydrogen (secondary N) is 1. The molecule has 0 aromatic heterocycles. The highest BCUT2D eigenvalue weighted by atomic mass is 16.5. The Morgan fingerprint density at radius 2 is 1.89 bits per heavy atom. The van der Waals surface area contributed by atoms with Crippen molar-refractivity contribution in [3.63, 3.8) is 0 Å². The van der Waals surface area contributed by atoms with E-state index in [1.165, 1.54) is 5.56 Å². The number of methoxy groups -OCH3 is 2. The number of hydrogen-bond donors (Lipinski definition) is 1. The molecule has 0 aliphatic carbocycles. The molecule has 1 fully saturated rings. The van der Waals surface area contributed by atoms with Gasteiger partial charge in [-0.25, -0.2) is 0 Å². The van der Waals surface area contributed by atoms with E-state index < -0.39 is 0 Å². The highest BCUT2D eigenvalue weighted by molar-refractivity contribution is 6.09. The lowest BCUT2D eigenvalue weighted by Gasteiger charge is -2.27. The van der Waals surface area contributed by atoms with Crippen molar-refractivity contribution in [3.05, 3.63) is 65.2 Å². The van der Waals surface area contributed by atoms with Crippen LogP contribution in [0.15, 0.2) is 48.5 Å². The summed E-state index contributed by atoms with van der Waals surface area (Å²) in [5.41, 5.74) is 2.78. The van der Waals surface area contributed by atoms with Crippen LogP contribution in [0, 0.1) is 0 Å². The normalized spacial score (nSPS) is 15.0. The zero-order valence-corrected chi connectivity index (χ0v) is 15.9. The van der Waals surface area contributed by atoms with Gasteiger partial charge < -0.3 is 14.8 Å². The molecular weight excluding hydrogens is 340 g/mol. The summed E-state index contributed by atoms with van der Waals surface area (Å²) in [7, 11) is 3.14. The van der Waals surface area contributed by atoms with Gasteiger partial charge in [0.15, 0.2) is 5.78 Å². The van der Waals surface area contributed by atoms with Crippen LogP contribution in [0.3, 0.4) is 0 Å². The van der Waals surface area contributed by atoms with Crippen molar-refractivity contribution in [1.82, 2.24) is 10.2 Å². The molecule has 5 heteroatoms. The van der Waals surface area contributed by atoms with Crippen molar-refractivity contribution in [3.8, 4) is 11.5 Å². The number of carbonyl (C=O) groups is 1. The highest BCUT2D eigenvalue weighted by Gasteiger charge is 2.13. The highest BCUT2D eigenvalue weighted by Crippen LogP contribution is 2.25. The fourth-order valence-electron chi connectivity index (χ4n) is 3.21. The first-order valence-corrected chi connectivity index (χ1v) is 9.16. The maximum atomic E-state index is 12.7. The lowest BCUT2D eigenvalue weighted by atomic mass is 10.0. The number of rotatable bonds is 7. The molecule has 1 saturated heterocycles. The first-order valence-electron chi connectivity index (χ1n) is 9.16. The number of allylic oxidation sites excluding steroid dienone is 1. The Labute approximate surface area is 160 Å². The third-order valence-corrected chi connectivity index (χ3v) is 4.75. The van der Waals surface area contributed by atoms with E-state index in [1.807, 2.05) is 24.3 Å². The summed E-state index contributed by atoms with van der Waals surface area (Å²) in [6.07, 6.45) is 3.49. The summed E-state index contributed by atoms with van der Waals surface area (Å²) in [5, 5.41) is 3.37. The predicted molar refractivity (Wildman–Crippen MR) is 107 cm³/mol. The predicted octanol–water partition coefficient (Wildman–Crippen LogP) is 3.01. The van der Waals surface area contributed by atoms with E-state index in [0.29, 0.717) is 17.1 Å². The number of carbonyl (C=O) groups excluding carboxylic acids is 1. The lowest BCUT2D eigenvalue weighted by molar-refractivity contribution is 0.104. The first kappa shape index (κ1) is 19.1. The number of ether oxygens (including phenoxy) is 2. The van der Waals surface area contributed by atoms with Crippen molar-refractivity contribution in [2.45, 2.75) is 6.54 Å². The van der Waals surface area contributed by atoms with E-state index in [9.17, 15) is 4.79 Å². The molecule has 27 heavy (non-hydrogen) atoms. The largest absolute Gasteiger partial charge is 0.497 e. The molecule has 2 aromatic carbocycles. The number of hydrogen-bond acceptors (Lipinski definition) is 5. The van der Waals surface area contributed by atoms with Crippen LogP contribution in [-0.4, -0.2) is 51.1 Å². The number of ketones is 1. The molecule has 5 nitrogen and oxygen atoms in total. The first-order chi connectivity index (χ1) is 13.2. The van der Waals surface area contributed by atoms with Gasteiger partial charge in [-0.15, -0.1) is 0 Å². The average molecular weight is 366 g/mol. The Kier molecular flexibility index (Phi) is 6.63. The Morgan fingerprint density at radius 1 is 1.11 bits per heavy atom. The molecule has 1 aliphatic heterocycles. The molecule has 0 atom stereocenters. The van der Waals surface area contributed by atoms with Gasteiger partial charge in [0.1, 0.15) is 11.5 Å². The molecule has 0 amide bonds. The van der Waals surface area contributed by atoms with Gasteiger partial charge in [0.05, 0.1) is 19.8 Å². The van der Waals surface area contributed by atoms with Gasteiger partial charge in [-0.2, -0.15) is 0 Å². The van der Waals surface area contributed by atoms with Gasteiger partial charge in [0.25, 0.3) is 0 Å². The van der Waals surface area contributed by atoms with Crippen molar-refractivity contribution < 1.29 is 14.3 Å². The topological polar surface area (TPSA) is 50.8 Å². The van der Waals surface area contributed by atoms with Crippen molar-refractivity contribution in [2.75, 3.05) is 40.4 Å². The average Bonchev–Trinajstić information content (AvgIpc) is 2.73. The van der Waals surface area contributed by atoms with Crippen LogP contribution >= 0.6 is 0 Å². The molecule has 0 spiro atoms. The summed E-state index contributed by atoms with van der Waals surface area (Å²) in [6.45, 7) is 5.01. The van der Waals surface area contributed by atoms with E-state index >= 15 is 0 Å². The summed E-state index contributed by atoms with van der Waals surface area (Å²) < 4.78 is 10.5. The number of piperazine rings is 1. The van der Waals surface area contributed by atoms with Gasteiger partial charge in [0.2, 0.25) is 0 Å². The molecule has 2 aromatic rings. The molecule has 1 aliphatic rings. The minimum absolute atomic E-state index is 0.109. The molecule has 1 heterocycles. The van der Waals surface area contributed by atoms with Gasteiger partial charge in [-0.1, -0.05) is 30.3 Å². The molecule has 0 bridgehead atoms. The van der Waals surface area contributed by atoms with Crippen molar-refractivity contribution in [2.24, 2.45) is 0 Å². The lowest BCUT2D eigenvalue weighted by Crippen LogP contribution is -2.42. The number of benzene rings is 2. The van der Waals surface area contributed by atoms with Gasteiger partial charge in [-0.3, -0.25) is 9.69 Å². The van der Waals surface area contributed by atoms with E-state index in [-0.39, 0.29) is 5.78 Å². The minimum Gasteiger partial charge on any atom is -0.497 e. The maximum Gasteiger partial charge on any atom is 0.189 e. The van der Waals surface area contributed by atoms with Gasteiger partial charge in [-0.05, 0) is 35.4 Å². The molecule has 1 N–H and O–H groups in total. The van der Waals surface area contributed by atoms with Crippen LogP contribution < -0.4 is 14.8 Å². The van der Waals surface area contributed by atoms with E-state index in [2.05, 4.69) is 16.3 Å². The van der Waals surface area contributed by atoms with Crippen LogP contribution in [0.2, 0.25) is 0 Å². The Balaban J connectivity index is 1.79. The molecule has 0 saturated carbocycles. The Bertz CT molecular complexity index is 811. The number of nitrogens with zero attached hydrogens (tertiary/aromatic N) is 1. The fraction of sp³-hybridized carbons (Fsp3) is 0.318. The molecule has 0 unspecified atom stereocenters. The second-order valence-corrected chi connectivity index (χ2v) is 6.49. The third-order valence-electron chi connectivity index (χ3n) is 4.75. The zero-order chi connectivity index (χ0) is 19.1. The van der Waals surface area contributed by atoms with Crippen LogP contribution in [0.25, 0.3) is 6.08 Å². The van der Waals surface area contributed by atoms with E-state index in [1.54, 1.807) is 38.5 Å². The van der Waals surface area contributed by atoms with Gasteiger partial charge in [0, 0.05) is 32.7 Å². The summed E-state index contributed by atoms with van der Waals surface area (Å²) >= 11 is 0. The Morgan fingerprint density at radius 3 is 2.63 bits per heavy atom. The monoisotopic (exact) mass is 366 g/mol. The summed E-state index contributed by atoms with van der Waals surface area (Å²) in [6, 6.07) is 13.4. The molecule has 142 valence electrons. The SMILES string of the molecule is COc1ccc(OC)c(C(=O)C=Cc2ccccc2CN2CCNCC2)c1. The maximum absolute atomic E-state index is 12.7. The standard InChI is InChI=1S/C22H26N2O3/c1-26-19-8-10-22(27-2)20(15-19)21(25)9-7-17-5-3-4-6-18(17)16-24-13-11-23-12-14-24/h3-10,15,23H,11-14,16H2,1-2H3. The second-order valence-electron chi connectivity index (χ2n) is 6.49. The Hall–Kier alpha value is -2.63. The molecule has 3 rings (SSSR count). The van der Waals surface area contributed by atoms with Gasteiger partial charge >= 0.3 is 0 Å². The molecule has 0 radical (unpaired) electrons. The van der Waals surface area contributed by atoms with E-state index in [4.69, 9.17) is 9.47 Å². The quantitative estimate of drug-likeness (QED) is 0.603. The van der Waals surface area contributed by atoms with Crippen LogP contribution in [-0.2, 0) is 6.54 Å². The summed E-state index contributed by atoms with van der Waals surface area (Å²) in [4.78, 5) is 15.2. The van der Waals surface area contributed by atoms with Crippen LogP contribution in [0.5, 0.6) is 11.5 Å². The smallest absolute Gasteiger partial charge is 0.189 e. The zero-order valence-electron chi connectivity index (χ0n) is 15.9. The minimum atomic E-state index is -0.109. The van der Waals surface area contributed by atoms with Crippen LogP contribution in [0.4, 0.5) is 0 Å². The fourth-order valence-corrected chi connectivity index (χ4v) is 3.21. The molecular formula is C22H26N2O3. The third kappa shape index (κ3) is 4.96. The second kappa shape index (κ2) is 9.35. The van der Waals surface area contributed by atoms with E-state index in [0.717, 1.165) is 38.3 Å². The van der Waals surface area contributed by atoms with Crippen molar-refractivity contribution >= 4 is 11.9 Å². The van der Waals surface area contributed by atoms with Crippen LogP contribution in [0.1, 0.15) is 21.5 Å². The van der Waals surface area contributed by atoms with Crippen molar-refractivity contribution in [1.29, 1.82) is 0 Å². The summed E-state index contributed by atoms with van der Waals surface area (Å²) in [5.74, 6) is 1.06.